The van der Waals surface area contributed by atoms with Crippen LogP contribution in [0.3, 0.4) is 0 Å². The van der Waals surface area contributed by atoms with Crippen molar-refractivity contribution in [3.05, 3.63) is 58.7 Å². The zero-order valence-corrected chi connectivity index (χ0v) is 10.7. The quantitative estimate of drug-likeness (QED) is 0.696. The average Bonchev–Trinajstić information content (AvgIpc) is 2.29. The molecule has 0 bridgehead atoms. The predicted molar refractivity (Wildman–Crippen MR) is 71.3 cm³/mol. The summed E-state index contributed by atoms with van der Waals surface area (Å²) in [6, 6.07) is 6.03. The van der Waals surface area contributed by atoms with Crippen LogP contribution in [0.2, 0.25) is 0 Å². The number of Topliss-reactive ketones (excluding diaryl/α,β-unsaturated/α-hetero) is 1. The van der Waals surface area contributed by atoms with Crippen molar-refractivity contribution < 1.29 is 4.79 Å². The van der Waals surface area contributed by atoms with E-state index in [-0.39, 0.29) is 11.7 Å². The van der Waals surface area contributed by atoms with Gasteiger partial charge >= 0.3 is 0 Å². The largest absolute Gasteiger partial charge is 0.293 e. The number of benzene rings is 1. The maximum atomic E-state index is 12.4. The van der Waals surface area contributed by atoms with Crippen molar-refractivity contribution in [3.63, 3.8) is 0 Å². The van der Waals surface area contributed by atoms with Crippen molar-refractivity contribution in [3.8, 4) is 0 Å². The Labute approximate surface area is 103 Å². The molecule has 0 aromatic heterocycles. The van der Waals surface area contributed by atoms with Gasteiger partial charge in [0.2, 0.25) is 0 Å². The molecule has 1 atom stereocenters. The third-order valence-corrected chi connectivity index (χ3v) is 3.27. The second-order valence-corrected chi connectivity index (χ2v) is 4.83. The van der Waals surface area contributed by atoms with Gasteiger partial charge in [-0.2, -0.15) is 0 Å². The van der Waals surface area contributed by atoms with Gasteiger partial charge in [0.05, 0.1) is 0 Å². The fourth-order valence-corrected chi connectivity index (χ4v) is 2.21. The van der Waals surface area contributed by atoms with Crippen molar-refractivity contribution >= 4 is 5.78 Å². The number of rotatable bonds is 2. The van der Waals surface area contributed by atoms with Gasteiger partial charge in [0, 0.05) is 11.5 Å². The molecule has 1 aromatic rings. The van der Waals surface area contributed by atoms with E-state index in [9.17, 15) is 4.79 Å². The third kappa shape index (κ3) is 2.55. The van der Waals surface area contributed by atoms with Gasteiger partial charge in [-0.1, -0.05) is 47.6 Å². The maximum Gasteiger partial charge on any atom is 0.170 e. The van der Waals surface area contributed by atoms with E-state index in [4.69, 9.17) is 0 Å². The summed E-state index contributed by atoms with van der Waals surface area (Å²) < 4.78 is 0. The third-order valence-electron chi connectivity index (χ3n) is 3.27. The molecule has 88 valence electrons. The molecule has 0 heterocycles. The van der Waals surface area contributed by atoms with Crippen LogP contribution in [0.1, 0.15) is 34.8 Å². The monoisotopic (exact) mass is 226 g/mol. The Morgan fingerprint density at radius 2 is 2.00 bits per heavy atom. The van der Waals surface area contributed by atoms with Crippen LogP contribution in [-0.4, -0.2) is 5.78 Å². The summed E-state index contributed by atoms with van der Waals surface area (Å²) in [6.07, 6.45) is 7.02. The van der Waals surface area contributed by atoms with E-state index in [0.29, 0.717) is 0 Å². The lowest BCUT2D eigenvalue weighted by Crippen LogP contribution is -2.15. The van der Waals surface area contributed by atoms with E-state index in [1.54, 1.807) is 0 Å². The molecule has 1 nitrogen and oxygen atoms in total. The molecule has 2 rings (SSSR count). The van der Waals surface area contributed by atoms with Gasteiger partial charge in [-0.05, 0) is 32.8 Å². The lowest BCUT2D eigenvalue weighted by atomic mass is 9.88. The van der Waals surface area contributed by atoms with Crippen molar-refractivity contribution in [1.82, 2.24) is 0 Å². The van der Waals surface area contributed by atoms with E-state index in [2.05, 4.69) is 19.1 Å². The maximum absolute atomic E-state index is 12.4. The summed E-state index contributed by atoms with van der Waals surface area (Å²) in [7, 11) is 0. The highest BCUT2D eigenvalue weighted by atomic mass is 16.1. The van der Waals surface area contributed by atoms with Gasteiger partial charge in [-0.15, -0.1) is 0 Å². The van der Waals surface area contributed by atoms with E-state index in [1.807, 2.05) is 38.1 Å². The Morgan fingerprint density at radius 1 is 1.24 bits per heavy atom. The van der Waals surface area contributed by atoms with E-state index in [1.165, 1.54) is 11.1 Å². The first-order valence-electron chi connectivity index (χ1n) is 6.04. The highest BCUT2D eigenvalue weighted by molar-refractivity contribution is 6.00. The molecule has 0 radical (unpaired) electrons. The average molecular weight is 226 g/mol. The minimum atomic E-state index is 0.0140. The number of hydrogen-bond donors (Lipinski definition) is 0. The molecular formula is C16H18O. The SMILES string of the molecule is CC1=CCC(C(=O)c2ccc(C)cc2C)C=C1. The van der Waals surface area contributed by atoms with Crippen molar-refractivity contribution in [2.45, 2.75) is 27.2 Å². The molecule has 0 fully saturated rings. The molecule has 0 N–H and O–H groups in total. The normalized spacial score (nSPS) is 19.0. The number of carbonyl (C=O) groups excluding carboxylic acids is 1. The van der Waals surface area contributed by atoms with E-state index >= 15 is 0 Å². The highest BCUT2D eigenvalue weighted by Crippen LogP contribution is 2.22. The number of carbonyl (C=O) groups is 1. The Morgan fingerprint density at radius 3 is 2.59 bits per heavy atom. The van der Waals surface area contributed by atoms with Gasteiger partial charge in [0.15, 0.2) is 5.78 Å². The fraction of sp³-hybridized carbons (Fsp3) is 0.312. The molecule has 0 aliphatic heterocycles. The van der Waals surface area contributed by atoms with Crippen LogP contribution in [0, 0.1) is 19.8 Å². The molecule has 1 aliphatic rings. The molecule has 1 aromatic carbocycles. The molecule has 1 heteroatoms. The van der Waals surface area contributed by atoms with E-state index in [0.717, 1.165) is 17.5 Å². The summed E-state index contributed by atoms with van der Waals surface area (Å²) >= 11 is 0. The lowest BCUT2D eigenvalue weighted by Gasteiger charge is -2.15. The number of aryl methyl sites for hydroxylation is 2. The van der Waals surface area contributed by atoms with Crippen LogP contribution in [-0.2, 0) is 0 Å². The molecular weight excluding hydrogens is 208 g/mol. The summed E-state index contributed by atoms with van der Waals surface area (Å²) in [4.78, 5) is 12.4. The second kappa shape index (κ2) is 4.70. The lowest BCUT2D eigenvalue weighted by molar-refractivity contribution is 0.0945. The van der Waals surface area contributed by atoms with Crippen LogP contribution in [0.4, 0.5) is 0 Å². The van der Waals surface area contributed by atoms with Gasteiger partial charge in [0.25, 0.3) is 0 Å². The molecule has 0 saturated carbocycles. The molecule has 0 amide bonds. The minimum Gasteiger partial charge on any atom is -0.293 e. The van der Waals surface area contributed by atoms with Crippen molar-refractivity contribution in [2.24, 2.45) is 5.92 Å². The number of ketones is 1. The molecule has 1 unspecified atom stereocenters. The Balaban J connectivity index is 2.24. The standard InChI is InChI=1S/C16H18O/c1-11-4-7-14(8-5-11)16(17)15-9-6-12(2)10-13(15)3/h4-7,9-10,14H,8H2,1-3H3. The van der Waals surface area contributed by atoms with Crippen LogP contribution in [0.25, 0.3) is 0 Å². The molecule has 1 aliphatic carbocycles. The summed E-state index contributed by atoms with van der Waals surface area (Å²) in [5, 5.41) is 0. The Hall–Kier alpha value is -1.63. The summed E-state index contributed by atoms with van der Waals surface area (Å²) in [5.74, 6) is 0.252. The van der Waals surface area contributed by atoms with E-state index < -0.39 is 0 Å². The second-order valence-electron chi connectivity index (χ2n) is 4.83. The zero-order valence-electron chi connectivity index (χ0n) is 10.7. The highest BCUT2D eigenvalue weighted by Gasteiger charge is 2.19. The molecule has 0 spiro atoms. The first kappa shape index (κ1) is 11.8. The van der Waals surface area contributed by atoms with Crippen molar-refractivity contribution in [2.75, 3.05) is 0 Å². The van der Waals surface area contributed by atoms with Gasteiger partial charge in [0.1, 0.15) is 0 Å². The van der Waals surface area contributed by atoms with Crippen LogP contribution in [0.5, 0.6) is 0 Å². The fourth-order valence-electron chi connectivity index (χ4n) is 2.21. The smallest absolute Gasteiger partial charge is 0.170 e. The first-order valence-corrected chi connectivity index (χ1v) is 6.04. The summed E-state index contributed by atoms with van der Waals surface area (Å²) in [5.41, 5.74) is 4.39. The topological polar surface area (TPSA) is 17.1 Å². The first-order chi connectivity index (χ1) is 8.08. The zero-order chi connectivity index (χ0) is 12.4. The van der Waals surface area contributed by atoms with Gasteiger partial charge in [-0.3, -0.25) is 4.79 Å². The van der Waals surface area contributed by atoms with Crippen LogP contribution in [0.15, 0.2) is 42.0 Å². The predicted octanol–water partition coefficient (Wildman–Crippen LogP) is 4.01. The van der Waals surface area contributed by atoms with Crippen molar-refractivity contribution in [1.29, 1.82) is 0 Å². The number of allylic oxidation sites excluding steroid dienone is 4. The molecule has 0 saturated heterocycles. The Kier molecular flexibility index (Phi) is 3.28. The van der Waals surface area contributed by atoms with Gasteiger partial charge in [-0.25, -0.2) is 0 Å². The summed E-state index contributed by atoms with van der Waals surface area (Å²) in [6.45, 7) is 6.12. The van der Waals surface area contributed by atoms with Crippen LogP contribution < -0.4 is 0 Å². The number of hydrogen-bond acceptors (Lipinski definition) is 1. The molecule has 17 heavy (non-hydrogen) atoms. The van der Waals surface area contributed by atoms with Gasteiger partial charge < -0.3 is 0 Å². The van der Waals surface area contributed by atoms with Crippen LogP contribution >= 0.6 is 0 Å². The minimum absolute atomic E-state index is 0.0140. The Bertz CT molecular complexity index is 506.